The lowest BCUT2D eigenvalue weighted by atomic mass is 10.4. The molecule has 7 nitrogen and oxygen atoms in total. The van der Waals surface area contributed by atoms with Gasteiger partial charge in [0.05, 0.1) is 18.1 Å². The predicted molar refractivity (Wildman–Crippen MR) is 52.9 cm³/mol. The van der Waals surface area contributed by atoms with E-state index in [4.69, 9.17) is 5.73 Å². The van der Waals surface area contributed by atoms with Crippen LogP contribution in [0.1, 0.15) is 5.82 Å². The van der Waals surface area contributed by atoms with Gasteiger partial charge in [-0.2, -0.15) is 4.98 Å². The Bertz CT molecular complexity index is 398. The van der Waals surface area contributed by atoms with E-state index < -0.39 is 0 Å². The third kappa shape index (κ3) is 2.63. The van der Waals surface area contributed by atoms with Gasteiger partial charge in [-0.25, -0.2) is 9.97 Å². The molecule has 0 radical (unpaired) electrons. The Morgan fingerprint density at radius 3 is 2.73 bits per heavy atom. The molecule has 0 aliphatic heterocycles. The van der Waals surface area contributed by atoms with Crippen LogP contribution in [0.2, 0.25) is 0 Å². The highest BCUT2D eigenvalue weighted by Gasteiger charge is 1.99. The van der Waals surface area contributed by atoms with Crippen LogP contribution in [-0.4, -0.2) is 26.7 Å². The summed E-state index contributed by atoms with van der Waals surface area (Å²) >= 11 is 0. The summed E-state index contributed by atoms with van der Waals surface area (Å²) < 4.78 is 4.60. The van der Waals surface area contributed by atoms with E-state index in [1.54, 1.807) is 12.4 Å². The Morgan fingerprint density at radius 1 is 1.27 bits per heavy atom. The third-order valence-corrected chi connectivity index (χ3v) is 1.71. The largest absolute Gasteiger partial charge is 0.396 e. The van der Waals surface area contributed by atoms with Gasteiger partial charge in [0.2, 0.25) is 12.3 Å². The molecular weight excluding hydrogens is 196 g/mol. The van der Waals surface area contributed by atoms with E-state index in [1.165, 1.54) is 6.39 Å². The summed E-state index contributed by atoms with van der Waals surface area (Å²) in [5.74, 6) is 1.19. The minimum Gasteiger partial charge on any atom is -0.396 e. The zero-order valence-electron chi connectivity index (χ0n) is 7.92. The molecule has 0 unspecified atom stereocenters. The Kier molecular flexibility index (Phi) is 2.72. The van der Waals surface area contributed by atoms with E-state index in [1.807, 2.05) is 0 Å². The summed E-state index contributed by atoms with van der Waals surface area (Å²) in [6.07, 6.45) is 5.05. The highest BCUT2D eigenvalue weighted by molar-refractivity contribution is 5.35. The van der Waals surface area contributed by atoms with Crippen molar-refractivity contribution in [2.45, 2.75) is 6.42 Å². The molecule has 0 aliphatic carbocycles. The van der Waals surface area contributed by atoms with Crippen LogP contribution < -0.4 is 11.1 Å². The fourth-order valence-electron chi connectivity index (χ4n) is 1.02. The summed E-state index contributed by atoms with van der Waals surface area (Å²) in [6.45, 7) is 0.642. The van der Waals surface area contributed by atoms with Crippen LogP contribution in [0.25, 0.3) is 0 Å². The molecule has 0 spiro atoms. The van der Waals surface area contributed by atoms with Gasteiger partial charge in [-0.15, -0.1) is 0 Å². The Balaban J connectivity index is 1.81. The Hall–Kier alpha value is -2.18. The van der Waals surface area contributed by atoms with E-state index >= 15 is 0 Å². The van der Waals surface area contributed by atoms with Gasteiger partial charge in [-0.1, -0.05) is 5.16 Å². The molecular formula is C8H10N6O. The van der Waals surface area contributed by atoms with Crippen LogP contribution in [0.4, 0.5) is 11.6 Å². The van der Waals surface area contributed by atoms with E-state index in [9.17, 15) is 0 Å². The maximum absolute atomic E-state index is 5.45. The second kappa shape index (κ2) is 4.36. The van der Waals surface area contributed by atoms with Crippen molar-refractivity contribution >= 4 is 11.6 Å². The lowest BCUT2D eigenvalue weighted by Crippen LogP contribution is -2.08. The summed E-state index contributed by atoms with van der Waals surface area (Å²) in [4.78, 5) is 11.9. The van der Waals surface area contributed by atoms with Crippen LogP contribution in [-0.2, 0) is 6.42 Å². The van der Waals surface area contributed by atoms with Crippen LogP contribution in [0.15, 0.2) is 23.3 Å². The first-order chi connectivity index (χ1) is 7.34. The molecule has 0 bridgehead atoms. The Labute approximate surface area is 85.7 Å². The number of nitrogens with one attached hydrogen (secondary N) is 1. The summed E-state index contributed by atoms with van der Waals surface area (Å²) in [7, 11) is 0. The van der Waals surface area contributed by atoms with Gasteiger partial charge in [0.15, 0.2) is 5.82 Å². The van der Waals surface area contributed by atoms with Crippen LogP contribution in [0.5, 0.6) is 0 Å². The van der Waals surface area contributed by atoms with Crippen LogP contribution in [0.3, 0.4) is 0 Å². The van der Waals surface area contributed by atoms with E-state index in [2.05, 4.69) is 29.9 Å². The molecule has 15 heavy (non-hydrogen) atoms. The summed E-state index contributed by atoms with van der Waals surface area (Å²) in [5, 5.41) is 6.69. The lowest BCUT2D eigenvalue weighted by Gasteiger charge is -2.01. The monoisotopic (exact) mass is 206 g/mol. The fraction of sp³-hybridized carbons (Fsp3) is 0.250. The smallest absolute Gasteiger partial charge is 0.222 e. The van der Waals surface area contributed by atoms with Crippen LogP contribution in [0, 0.1) is 0 Å². The number of anilines is 2. The van der Waals surface area contributed by atoms with Gasteiger partial charge >= 0.3 is 0 Å². The van der Waals surface area contributed by atoms with Crippen molar-refractivity contribution in [3.63, 3.8) is 0 Å². The molecule has 0 aromatic carbocycles. The van der Waals surface area contributed by atoms with Crippen LogP contribution >= 0.6 is 0 Å². The fourth-order valence-corrected chi connectivity index (χ4v) is 1.02. The lowest BCUT2D eigenvalue weighted by molar-refractivity contribution is 0.410. The van der Waals surface area contributed by atoms with Crippen molar-refractivity contribution in [3.05, 3.63) is 24.6 Å². The average molecular weight is 206 g/mol. The first-order valence-electron chi connectivity index (χ1n) is 4.41. The van der Waals surface area contributed by atoms with Crippen molar-refractivity contribution in [1.82, 2.24) is 20.1 Å². The molecule has 2 aromatic rings. The molecule has 2 aromatic heterocycles. The number of rotatable bonds is 4. The number of nitrogen functional groups attached to an aromatic ring is 1. The first-order valence-corrected chi connectivity index (χ1v) is 4.41. The van der Waals surface area contributed by atoms with Gasteiger partial charge in [-0.05, 0) is 0 Å². The Morgan fingerprint density at radius 2 is 2.07 bits per heavy atom. The number of nitrogens with zero attached hydrogens (tertiary/aromatic N) is 4. The van der Waals surface area contributed by atoms with Crippen molar-refractivity contribution < 1.29 is 4.52 Å². The topological polar surface area (TPSA) is 103 Å². The molecule has 2 heterocycles. The molecule has 0 atom stereocenters. The van der Waals surface area contributed by atoms with Crippen molar-refractivity contribution in [2.24, 2.45) is 0 Å². The molecule has 7 heteroatoms. The number of aromatic nitrogens is 4. The molecule has 0 aliphatic rings. The second-order valence-corrected chi connectivity index (χ2v) is 2.86. The van der Waals surface area contributed by atoms with E-state index in [-0.39, 0.29) is 0 Å². The number of hydrogen-bond acceptors (Lipinski definition) is 7. The molecule has 0 amide bonds. The predicted octanol–water partition coefficient (Wildman–Crippen LogP) is 0.0964. The molecule has 78 valence electrons. The standard InChI is InChI=1S/C8H10N6O/c9-6-3-11-8(12-4-6)10-2-1-7-13-5-15-14-7/h3-5H,1-2,9H2,(H,10,11,12). The average Bonchev–Trinajstić information content (AvgIpc) is 2.74. The van der Waals surface area contributed by atoms with Gasteiger partial charge in [0.25, 0.3) is 0 Å². The third-order valence-electron chi connectivity index (χ3n) is 1.71. The summed E-state index contributed by atoms with van der Waals surface area (Å²) in [5.41, 5.74) is 5.99. The zero-order valence-corrected chi connectivity index (χ0v) is 7.92. The van der Waals surface area contributed by atoms with Gasteiger partial charge in [0.1, 0.15) is 0 Å². The molecule has 2 rings (SSSR count). The molecule has 3 N–H and O–H groups in total. The van der Waals surface area contributed by atoms with Crippen molar-refractivity contribution in [3.8, 4) is 0 Å². The highest BCUT2D eigenvalue weighted by Crippen LogP contribution is 2.00. The molecule has 0 saturated carbocycles. The first kappa shape index (κ1) is 9.38. The minimum atomic E-state index is 0.535. The number of nitrogens with two attached hydrogens (primary N) is 1. The molecule has 0 fully saturated rings. The number of hydrogen-bond donors (Lipinski definition) is 2. The zero-order chi connectivity index (χ0) is 10.5. The second-order valence-electron chi connectivity index (χ2n) is 2.86. The normalized spacial score (nSPS) is 10.1. The SMILES string of the molecule is Nc1cnc(NCCc2ncon2)nc1. The van der Waals surface area contributed by atoms with Gasteiger partial charge in [-0.3, -0.25) is 0 Å². The quantitative estimate of drug-likeness (QED) is 0.730. The van der Waals surface area contributed by atoms with E-state index in [0.717, 1.165) is 0 Å². The maximum atomic E-state index is 5.45. The van der Waals surface area contributed by atoms with Gasteiger partial charge < -0.3 is 15.6 Å². The van der Waals surface area contributed by atoms with Crippen molar-refractivity contribution in [1.29, 1.82) is 0 Å². The van der Waals surface area contributed by atoms with Crippen molar-refractivity contribution in [2.75, 3.05) is 17.6 Å². The van der Waals surface area contributed by atoms with Gasteiger partial charge in [0, 0.05) is 13.0 Å². The minimum absolute atomic E-state index is 0.535. The highest BCUT2D eigenvalue weighted by atomic mass is 16.5. The summed E-state index contributed by atoms with van der Waals surface area (Å²) in [6, 6.07) is 0. The van der Waals surface area contributed by atoms with E-state index in [0.29, 0.717) is 30.4 Å². The molecule has 0 saturated heterocycles. The maximum Gasteiger partial charge on any atom is 0.222 e.